The van der Waals surface area contributed by atoms with Crippen molar-refractivity contribution in [1.29, 1.82) is 5.26 Å². The summed E-state index contributed by atoms with van der Waals surface area (Å²) in [6.45, 7) is 1.36. The normalized spacial score (nSPS) is 16.0. The van der Waals surface area contributed by atoms with Gasteiger partial charge in [-0.2, -0.15) is 5.26 Å². The van der Waals surface area contributed by atoms with E-state index in [0.29, 0.717) is 24.2 Å². The van der Waals surface area contributed by atoms with Gasteiger partial charge < -0.3 is 10.1 Å². The topological polar surface area (TPSA) is 79.2 Å². The van der Waals surface area contributed by atoms with Gasteiger partial charge in [-0.1, -0.05) is 0 Å². The molecule has 1 aromatic carbocycles. The fourth-order valence-corrected chi connectivity index (χ4v) is 2.48. The standard InChI is InChI=1S/C16H18N2O3/c1-12(19)13-4-6-14(7-5-13)21-10-15(20)18-16(11-17)8-2-3-9-16/h4-7H,2-3,8-10H2,1H3,(H,18,20). The van der Waals surface area contributed by atoms with Crippen LogP contribution in [0.25, 0.3) is 0 Å². The molecule has 110 valence electrons. The number of nitrogens with one attached hydrogen (secondary N) is 1. The van der Waals surface area contributed by atoms with Crippen LogP contribution in [0.4, 0.5) is 0 Å². The maximum atomic E-state index is 11.9. The molecule has 5 heteroatoms. The van der Waals surface area contributed by atoms with E-state index in [4.69, 9.17) is 4.74 Å². The van der Waals surface area contributed by atoms with Gasteiger partial charge in [0, 0.05) is 5.56 Å². The predicted molar refractivity (Wildman–Crippen MR) is 76.9 cm³/mol. The van der Waals surface area contributed by atoms with Gasteiger partial charge in [0.25, 0.3) is 5.91 Å². The maximum Gasteiger partial charge on any atom is 0.259 e. The molecule has 5 nitrogen and oxygen atoms in total. The van der Waals surface area contributed by atoms with Crippen molar-refractivity contribution in [3.8, 4) is 11.8 Å². The first-order valence-corrected chi connectivity index (χ1v) is 7.01. The van der Waals surface area contributed by atoms with Gasteiger partial charge in [-0.05, 0) is 56.9 Å². The van der Waals surface area contributed by atoms with Crippen LogP contribution in [0.5, 0.6) is 5.75 Å². The van der Waals surface area contributed by atoms with Gasteiger partial charge >= 0.3 is 0 Å². The zero-order valence-electron chi connectivity index (χ0n) is 12.0. The number of hydrogen-bond donors (Lipinski definition) is 1. The molecule has 1 amide bonds. The number of Topliss-reactive ketones (excluding diaryl/α,β-unsaturated/α-hetero) is 1. The third-order valence-corrected chi connectivity index (χ3v) is 3.68. The Labute approximate surface area is 123 Å². The average molecular weight is 286 g/mol. The van der Waals surface area contributed by atoms with Gasteiger partial charge in [0.2, 0.25) is 0 Å². The molecule has 0 heterocycles. The first-order valence-electron chi connectivity index (χ1n) is 7.01. The molecule has 0 atom stereocenters. The van der Waals surface area contributed by atoms with Crippen LogP contribution in [-0.4, -0.2) is 23.8 Å². The molecule has 0 bridgehead atoms. The van der Waals surface area contributed by atoms with Gasteiger partial charge in [0.05, 0.1) is 6.07 Å². The quantitative estimate of drug-likeness (QED) is 0.842. The molecule has 0 aliphatic heterocycles. The van der Waals surface area contributed by atoms with Gasteiger partial charge in [-0.25, -0.2) is 0 Å². The van der Waals surface area contributed by atoms with Crippen LogP contribution in [0.15, 0.2) is 24.3 Å². The third kappa shape index (κ3) is 3.82. The van der Waals surface area contributed by atoms with E-state index in [1.165, 1.54) is 6.92 Å². The lowest BCUT2D eigenvalue weighted by Gasteiger charge is -2.21. The second kappa shape index (κ2) is 6.40. The molecular formula is C16H18N2O3. The largest absolute Gasteiger partial charge is 0.484 e. The molecule has 2 rings (SSSR count). The van der Waals surface area contributed by atoms with E-state index in [-0.39, 0.29) is 18.3 Å². The van der Waals surface area contributed by atoms with Crippen molar-refractivity contribution in [2.45, 2.75) is 38.1 Å². The fraction of sp³-hybridized carbons (Fsp3) is 0.438. The Morgan fingerprint density at radius 1 is 1.29 bits per heavy atom. The number of ketones is 1. The Bertz CT molecular complexity index is 566. The summed E-state index contributed by atoms with van der Waals surface area (Å²) >= 11 is 0. The highest BCUT2D eigenvalue weighted by Crippen LogP contribution is 2.28. The summed E-state index contributed by atoms with van der Waals surface area (Å²) in [4.78, 5) is 23.0. The Balaban J connectivity index is 1.86. The minimum Gasteiger partial charge on any atom is -0.484 e. The van der Waals surface area contributed by atoms with E-state index >= 15 is 0 Å². The number of amides is 1. The number of ether oxygens (including phenoxy) is 1. The van der Waals surface area contributed by atoms with Crippen LogP contribution in [0.2, 0.25) is 0 Å². The average Bonchev–Trinajstić information content (AvgIpc) is 2.94. The SMILES string of the molecule is CC(=O)c1ccc(OCC(=O)NC2(C#N)CCCC2)cc1. The summed E-state index contributed by atoms with van der Waals surface area (Å²) < 4.78 is 5.37. The second-order valence-electron chi connectivity index (χ2n) is 5.32. The molecular weight excluding hydrogens is 268 g/mol. The van der Waals surface area contributed by atoms with Gasteiger partial charge in [0.15, 0.2) is 12.4 Å². The summed E-state index contributed by atoms with van der Waals surface area (Å²) in [5.41, 5.74) is -0.125. The lowest BCUT2D eigenvalue weighted by Crippen LogP contribution is -2.47. The zero-order valence-corrected chi connectivity index (χ0v) is 12.0. The summed E-state index contributed by atoms with van der Waals surface area (Å²) in [6.07, 6.45) is 3.31. The van der Waals surface area contributed by atoms with E-state index in [0.717, 1.165) is 12.8 Å². The molecule has 21 heavy (non-hydrogen) atoms. The Morgan fingerprint density at radius 3 is 2.43 bits per heavy atom. The smallest absolute Gasteiger partial charge is 0.259 e. The van der Waals surface area contributed by atoms with Crippen molar-refractivity contribution >= 4 is 11.7 Å². The number of hydrogen-bond acceptors (Lipinski definition) is 4. The van der Waals surface area contributed by atoms with Crippen molar-refractivity contribution in [3.63, 3.8) is 0 Å². The van der Waals surface area contributed by atoms with E-state index in [9.17, 15) is 14.9 Å². The van der Waals surface area contributed by atoms with Crippen LogP contribution in [0, 0.1) is 11.3 Å². The van der Waals surface area contributed by atoms with E-state index in [2.05, 4.69) is 11.4 Å². The molecule has 0 radical (unpaired) electrons. The number of carbonyl (C=O) groups is 2. The molecule has 1 aliphatic rings. The zero-order chi connectivity index (χ0) is 15.3. The van der Waals surface area contributed by atoms with Gasteiger partial charge in [0.1, 0.15) is 11.3 Å². The molecule has 0 aromatic heterocycles. The van der Waals surface area contributed by atoms with Crippen LogP contribution in [0.3, 0.4) is 0 Å². The van der Waals surface area contributed by atoms with E-state index in [1.807, 2.05) is 0 Å². The van der Waals surface area contributed by atoms with Crippen molar-refractivity contribution in [2.24, 2.45) is 0 Å². The van der Waals surface area contributed by atoms with Crippen LogP contribution >= 0.6 is 0 Å². The summed E-state index contributed by atoms with van der Waals surface area (Å²) in [5.74, 6) is 0.207. The van der Waals surface area contributed by atoms with Crippen molar-refractivity contribution < 1.29 is 14.3 Å². The molecule has 0 spiro atoms. The molecule has 1 aliphatic carbocycles. The number of nitrogens with zero attached hydrogens (tertiary/aromatic N) is 1. The molecule has 1 N–H and O–H groups in total. The van der Waals surface area contributed by atoms with Crippen LogP contribution in [-0.2, 0) is 4.79 Å². The summed E-state index contributed by atoms with van der Waals surface area (Å²) in [5, 5.41) is 12.0. The summed E-state index contributed by atoms with van der Waals surface area (Å²) in [6, 6.07) is 8.82. The first-order chi connectivity index (χ1) is 10.0. The van der Waals surface area contributed by atoms with Crippen LogP contribution in [0.1, 0.15) is 43.0 Å². The highest BCUT2D eigenvalue weighted by molar-refractivity contribution is 5.94. The minimum absolute atomic E-state index is 0.0171. The third-order valence-electron chi connectivity index (χ3n) is 3.68. The molecule has 0 unspecified atom stereocenters. The van der Waals surface area contributed by atoms with Crippen LogP contribution < -0.4 is 10.1 Å². The highest BCUT2D eigenvalue weighted by atomic mass is 16.5. The molecule has 1 fully saturated rings. The lowest BCUT2D eigenvalue weighted by molar-refractivity contribution is -0.124. The molecule has 0 saturated heterocycles. The number of carbonyl (C=O) groups excluding carboxylic acids is 2. The predicted octanol–water partition coefficient (Wildman–Crippen LogP) is 2.22. The Hall–Kier alpha value is -2.35. The summed E-state index contributed by atoms with van der Waals surface area (Å²) in [7, 11) is 0. The first kappa shape index (κ1) is 15.0. The highest BCUT2D eigenvalue weighted by Gasteiger charge is 2.35. The van der Waals surface area contributed by atoms with Gasteiger partial charge in [-0.3, -0.25) is 9.59 Å². The van der Waals surface area contributed by atoms with Crippen molar-refractivity contribution in [1.82, 2.24) is 5.32 Å². The number of nitriles is 1. The fourth-order valence-electron chi connectivity index (χ4n) is 2.48. The Morgan fingerprint density at radius 2 is 1.90 bits per heavy atom. The van der Waals surface area contributed by atoms with Gasteiger partial charge in [-0.15, -0.1) is 0 Å². The van der Waals surface area contributed by atoms with E-state index in [1.54, 1.807) is 24.3 Å². The van der Waals surface area contributed by atoms with Crippen molar-refractivity contribution in [2.75, 3.05) is 6.61 Å². The van der Waals surface area contributed by atoms with E-state index < -0.39 is 5.54 Å². The van der Waals surface area contributed by atoms with Crippen molar-refractivity contribution in [3.05, 3.63) is 29.8 Å². The molecule has 1 saturated carbocycles. The minimum atomic E-state index is -0.723. The molecule has 1 aromatic rings. The lowest BCUT2D eigenvalue weighted by atomic mass is 10.00. The number of benzene rings is 1. The maximum absolute atomic E-state index is 11.9. The monoisotopic (exact) mass is 286 g/mol. The number of rotatable bonds is 5. The Kier molecular flexibility index (Phi) is 4.59. The second-order valence-corrected chi connectivity index (χ2v) is 5.32.